The standard InChI is InChI=1S/C11H12N2O2S/c1-7-12-9-5-8(3-4-10(9)16-7)13-11(14)6-15-2/h3-5H,6H2,1-2H3,(H,13,14). The number of anilines is 1. The summed E-state index contributed by atoms with van der Waals surface area (Å²) in [7, 11) is 1.49. The van der Waals surface area contributed by atoms with Crippen molar-refractivity contribution in [2.24, 2.45) is 0 Å². The molecular formula is C11H12N2O2S. The van der Waals surface area contributed by atoms with Gasteiger partial charge in [0.05, 0.1) is 15.2 Å². The van der Waals surface area contributed by atoms with Crippen molar-refractivity contribution in [3.05, 3.63) is 23.2 Å². The van der Waals surface area contributed by atoms with E-state index in [2.05, 4.69) is 10.3 Å². The van der Waals surface area contributed by atoms with Crippen LogP contribution >= 0.6 is 11.3 Å². The predicted octanol–water partition coefficient (Wildman–Crippen LogP) is 2.19. The predicted molar refractivity (Wildman–Crippen MR) is 64.9 cm³/mol. The first-order chi connectivity index (χ1) is 7.69. The smallest absolute Gasteiger partial charge is 0.250 e. The number of nitrogens with zero attached hydrogens (tertiary/aromatic N) is 1. The maximum absolute atomic E-state index is 11.3. The molecule has 1 aromatic carbocycles. The Kier molecular flexibility index (Phi) is 3.17. The van der Waals surface area contributed by atoms with Gasteiger partial charge in [0, 0.05) is 12.8 Å². The zero-order valence-electron chi connectivity index (χ0n) is 9.11. The van der Waals surface area contributed by atoms with Crippen molar-refractivity contribution in [1.82, 2.24) is 4.98 Å². The molecule has 0 fully saturated rings. The highest BCUT2D eigenvalue weighted by Crippen LogP contribution is 2.24. The molecule has 1 N–H and O–H groups in total. The minimum Gasteiger partial charge on any atom is -0.375 e. The fraction of sp³-hybridized carbons (Fsp3) is 0.273. The van der Waals surface area contributed by atoms with Crippen molar-refractivity contribution in [2.45, 2.75) is 6.92 Å². The van der Waals surface area contributed by atoms with Gasteiger partial charge in [-0.3, -0.25) is 4.79 Å². The molecule has 1 aromatic heterocycles. The molecule has 2 rings (SSSR count). The van der Waals surface area contributed by atoms with Gasteiger partial charge in [-0.05, 0) is 25.1 Å². The van der Waals surface area contributed by atoms with Crippen molar-refractivity contribution in [2.75, 3.05) is 19.0 Å². The summed E-state index contributed by atoms with van der Waals surface area (Å²) in [5.41, 5.74) is 1.66. The first-order valence-corrected chi connectivity index (χ1v) is 5.66. The number of nitrogens with one attached hydrogen (secondary N) is 1. The number of fused-ring (bicyclic) bond motifs is 1. The summed E-state index contributed by atoms with van der Waals surface area (Å²) in [5.74, 6) is -0.159. The number of thiazole rings is 1. The van der Waals surface area contributed by atoms with Gasteiger partial charge in [-0.15, -0.1) is 11.3 Å². The fourth-order valence-corrected chi connectivity index (χ4v) is 2.26. The molecule has 1 heterocycles. The first-order valence-electron chi connectivity index (χ1n) is 4.85. The largest absolute Gasteiger partial charge is 0.375 e. The molecule has 0 spiro atoms. The van der Waals surface area contributed by atoms with Crippen LogP contribution in [0.25, 0.3) is 10.2 Å². The maximum atomic E-state index is 11.3. The number of rotatable bonds is 3. The van der Waals surface area contributed by atoms with Gasteiger partial charge < -0.3 is 10.1 Å². The number of amides is 1. The molecule has 0 aliphatic rings. The molecule has 2 aromatic rings. The Morgan fingerprint density at radius 2 is 2.38 bits per heavy atom. The molecule has 0 saturated carbocycles. The number of ether oxygens (including phenoxy) is 1. The third-order valence-electron chi connectivity index (χ3n) is 2.05. The number of carbonyl (C=O) groups is 1. The fourth-order valence-electron chi connectivity index (χ4n) is 1.45. The van der Waals surface area contributed by atoms with Crippen molar-refractivity contribution < 1.29 is 9.53 Å². The van der Waals surface area contributed by atoms with E-state index in [4.69, 9.17) is 4.74 Å². The summed E-state index contributed by atoms with van der Waals surface area (Å²) < 4.78 is 5.87. The summed E-state index contributed by atoms with van der Waals surface area (Å²) in [6.07, 6.45) is 0. The quantitative estimate of drug-likeness (QED) is 0.888. The van der Waals surface area contributed by atoms with Crippen LogP contribution in [0.2, 0.25) is 0 Å². The Labute approximate surface area is 97.3 Å². The van der Waals surface area contributed by atoms with Gasteiger partial charge in [-0.1, -0.05) is 0 Å². The number of hydrogen-bond donors (Lipinski definition) is 1. The van der Waals surface area contributed by atoms with Gasteiger partial charge in [-0.25, -0.2) is 4.98 Å². The number of hydrogen-bond acceptors (Lipinski definition) is 4. The lowest BCUT2D eigenvalue weighted by atomic mass is 10.3. The van der Waals surface area contributed by atoms with Gasteiger partial charge in [-0.2, -0.15) is 0 Å². The SMILES string of the molecule is COCC(=O)Nc1ccc2sc(C)nc2c1. The Morgan fingerprint density at radius 1 is 1.56 bits per heavy atom. The Bertz CT molecular complexity index is 522. The van der Waals surface area contributed by atoms with Crippen LogP contribution in [-0.2, 0) is 9.53 Å². The average Bonchev–Trinajstić information content (AvgIpc) is 2.57. The molecule has 16 heavy (non-hydrogen) atoms. The van der Waals surface area contributed by atoms with Gasteiger partial charge in [0.25, 0.3) is 0 Å². The van der Waals surface area contributed by atoms with E-state index in [1.165, 1.54) is 7.11 Å². The molecule has 0 saturated heterocycles. The molecule has 0 aliphatic carbocycles. The minimum atomic E-state index is -0.159. The highest BCUT2D eigenvalue weighted by molar-refractivity contribution is 7.18. The molecule has 0 bridgehead atoms. The second-order valence-electron chi connectivity index (χ2n) is 3.40. The van der Waals surface area contributed by atoms with E-state index in [-0.39, 0.29) is 12.5 Å². The lowest BCUT2D eigenvalue weighted by molar-refractivity contribution is -0.119. The van der Waals surface area contributed by atoms with Crippen LogP contribution in [0.3, 0.4) is 0 Å². The van der Waals surface area contributed by atoms with E-state index < -0.39 is 0 Å². The monoisotopic (exact) mass is 236 g/mol. The van der Waals surface area contributed by atoms with Crippen molar-refractivity contribution in [3.8, 4) is 0 Å². The van der Waals surface area contributed by atoms with Gasteiger partial charge >= 0.3 is 0 Å². The van der Waals surface area contributed by atoms with E-state index in [1.807, 2.05) is 25.1 Å². The summed E-state index contributed by atoms with van der Waals surface area (Å²) in [5, 5.41) is 3.77. The van der Waals surface area contributed by atoms with Crippen LogP contribution in [0.1, 0.15) is 5.01 Å². The van der Waals surface area contributed by atoms with Crippen LogP contribution in [0.5, 0.6) is 0 Å². The molecule has 0 aliphatic heterocycles. The van der Waals surface area contributed by atoms with Crippen molar-refractivity contribution in [3.63, 3.8) is 0 Å². The molecule has 0 unspecified atom stereocenters. The van der Waals surface area contributed by atoms with Gasteiger partial charge in [0.1, 0.15) is 6.61 Å². The zero-order chi connectivity index (χ0) is 11.5. The zero-order valence-corrected chi connectivity index (χ0v) is 9.93. The Balaban J connectivity index is 2.22. The summed E-state index contributed by atoms with van der Waals surface area (Å²) in [4.78, 5) is 15.7. The van der Waals surface area contributed by atoms with E-state index in [0.29, 0.717) is 0 Å². The van der Waals surface area contributed by atoms with E-state index in [9.17, 15) is 4.79 Å². The third kappa shape index (κ3) is 2.37. The van der Waals surface area contributed by atoms with Crippen LogP contribution in [-0.4, -0.2) is 24.6 Å². The highest BCUT2D eigenvalue weighted by atomic mass is 32.1. The summed E-state index contributed by atoms with van der Waals surface area (Å²) in [6, 6.07) is 5.70. The first kappa shape index (κ1) is 11.0. The van der Waals surface area contributed by atoms with E-state index >= 15 is 0 Å². The normalized spacial score (nSPS) is 10.6. The third-order valence-corrected chi connectivity index (χ3v) is 3.01. The summed E-state index contributed by atoms with van der Waals surface area (Å²) >= 11 is 1.64. The van der Waals surface area contributed by atoms with E-state index in [0.717, 1.165) is 20.9 Å². The maximum Gasteiger partial charge on any atom is 0.250 e. The van der Waals surface area contributed by atoms with E-state index in [1.54, 1.807) is 11.3 Å². The number of carbonyl (C=O) groups excluding carboxylic acids is 1. The van der Waals surface area contributed by atoms with Crippen molar-refractivity contribution >= 4 is 33.1 Å². The molecule has 0 radical (unpaired) electrons. The number of aryl methyl sites for hydroxylation is 1. The van der Waals surface area contributed by atoms with Crippen LogP contribution in [0.15, 0.2) is 18.2 Å². The lowest BCUT2D eigenvalue weighted by Crippen LogP contribution is -2.16. The average molecular weight is 236 g/mol. The topological polar surface area (TPSA) is 51.2 Å². The summed E-state index contributed by atoms with van der Waals surface area (Å²) in [6.45, 7) is 2.03. The molecule has 4 nitrogen and oxygen atoms in total. The Morgan fingerprint density at radius 3 is 3.12 bits per heavy atom. The Hall–Kier alpha value is -1.46. The van der Waals surface area contributed by atoms with Crippen LogP contribution in [0, 0.1) is 6.92 Å². The van der Waals surface area contributed by atoms with Crippen LogP contribution < -0.4 is 5.32 Å². The molecular weight excluding hydrogens is 224 g/mol. The lowest BCUT2D eigenvalue weighted by Gasteiger charge is -2.03. The molecule has 1 amide bonds. The number of aromatic nitrogens is 1. The highest BCUT2D eigenvalue weighted by Gasteiger charge is 2.04. The van der Waals surface area contributed by atoms with Gasteiger partial charge in [0.2, 0.25) is 5.91 Å². The second kappa shape index (κ2) is 4.59. The van der Waals surface area contributed by atoms with Gasteiger partial charge in [0.15, 0.2) is 0 Å². The molecule has 84 valence electrons. The number of methoxy groups -OCH3 is 1. The minimum absolute atomic E-state index is 0.0636. The number of benzene rings is 1. The molecule has 0 atom stereocenters. The van der Waals surface area contributed by atoms with Crippen LogP contribution in [0.4, 0.5) is 5.69 Å². The van der Waals surface area contributed by atoms with Crippen molar-refractivity contribution in [1.29, 1.82) is 0 Å². The molecule has 5 heteroatoms. The second-order valence-corrected chi connectivity index (χ2v) is 4.63.